The van der Waals surface area contributed by atoms with Crippen molar-refractivity contribution in [1.29, 1.82) is 0 Å². The number of nitrogens with zero attached hydrogens (tertiary/aromatic N) is 2. The van der Waals surface area contributed by atoms with Gasteiger partial charge >= 0.3 is 18.2 Å². The average Bonchev–Trinajstić information content (AvgIpc) is 2.97. The molecule has 32 heavy (non-hydrogen) atoms. The summed E-state index contributed by atoms with van der Waals surface area (Å²) in [7, 11) is 0. The minimum atomic E-state index is -0.677. The van der Waals surface area contributed by atoms with Crippen LogP contribution >= 0.6 is 0 Å². The molecule has 10 heteroatoms. The first-order valence-corrected chi connectivity index (χ1v) is 10.4. The fourth-order valence-corrected chi connectivity index (χ4v) is 3.26. The Morgan fingerprint density at radius 2 is 1.94 bits per heavy atom. The Morgan fingerprint density at radius 3 is 2.53 bits per heavy atom. The summed E-state index contributed by atoms with van der Waals surface area (Å²) < 4.78 is 10.5. The smallest absolute Gasteiger partial charge is 0.414 e. The second-order valence-electron chi connectivity index (χ2n) is 8.96. The van der Waals surface area contributed by atoms with E-state index in [2.05, 4.69) is 20.9 Å². The fourth-order valence-electron chi connectivity index (χ4n) is 3.26. The maximum Gasteiger partial charge on any atom is 0.414 e. The van der Waals surface area contributed by atoms with Crippen molar-refractivity contribution in [2.24, 2.45) is 0 Å². The summed E-state index contributed by atoms with van der Waals surface area (Å²) in [5.74, 6) is 0.327. The summed E-state index contributed by atoms with van der Waals surface area (Å²) in [6.45, 7) is 11.1. The molecule has 172 valence electrons. The van der Waals surface area contributed by atoms with E-state index in [-0.39, 0.29) is 24.7 Å². The highest BCUT2D eigenvalue weighted by atomic mass is 16.6. The van der Waals surface area contributed by atoms with Gasteiger partial charge < -0.3 is 14.8 Å². The van der Waals surface area contributed by atoms with Gasteiger partial charge in [0.2, 0.25) is 0 Å². The SMILES string of the molecule is CC(C)NC(=O)Nc1cc2cc(N3C(=O)OCC3C)cc(NC(=O)OC(C)(C)C)c2cn1. The minimum Gasteiger partial charge on any atom is -0.447 e. The number of fused-ring (bicyclic) bond motifs is 1. The highest BCUT2D eigenvalue weighted by Crippen LogP contribution is 2.34. The Morgan fingerprint density at radius 1 is 1.22 bits per heavy atom. The minimum absolute atomic E-state index is 0.0330. The normalized spacial score (nSPS) is 16.2. The van der Waals surface area contributed by atoms with Gasteiger partial charge in [-0.25, -0.2) is 19.4 Å². The molecule has 1 aliphatic heterocycles. The molecule has 2 heterocycles. The van der Waals surface area contributed by atoms with E-state index in [1.807, 2.05) is 20.8 Å². The molecule has 0 aliphatic carbocycles. The maximum atomic E-state index is 12.4. The van der Waals surface area contributed by atoms with Gasteiger partial charge in [0.05, 0.1) is 17.4 Å². The molecule has 1 aromatic carbocycles. The van der Waals surface area contributed by atoms with Crippen LogP contribution in [0.5, 0.6) is 0 Å². The molecule has 1 unspecified atom stereocenters. The third-order valence-corrected chi connectivity index (χ3v) is 4.48. The zero-order valence-corrected chi connectivity index (χ0v) is 19.1. The summed E-state index contributed by atoms with van der Waals surface area (Å²) in [5, 5.41) is 9.44. The number of carbonyl (C=O) groups excluding carboxylic acids is 3. The summed E-state index contributed by atoms with van der Waals surface area (Å²) in [6.07, 6.45) is 0.443. The number of benzene rings is 1. The first-order chi connectivity index (χ1) is 14.9. The molecule has 0 bridgehead atoms. The van der Waals surface area contributed by atoms with E-state index < -0.39 is 17.8 Å². The fraction of sp³-hybridized carbons (Fsp3) is 0.455. The summed E-state index contributed by atoms with van der Waals surface area (Å²) in [5.41, 5.74) is 0.288. The molecule has 0 radical (unpaired) electrons. The van der Waals surface area contributed by atoms with Crippen LogP contribution in [0.15, 0.2) is 24.4 Å². The van der Waals surface area contributed by atoms with Crippen LogP contribution in [0.25, 0.3) is 10.8 Å². The van der Waals surface area contributed by atoms with Gasteiger partial charge in [-0.15, -0.1) is 0 Å². The number of ether oxygens (including phenoxy) is 2. The molecule has 3 N–H and O–H groups in total. The zero-order chi connectivity index (χ0) is 23.6. The molecule has 1 aromatic heterocycles. The third kappa shape index (κ3) is 5.57. The highest BCUT2D eigenvalue weighted by Gasteiger charge is 2.31. The number of hydrogen-bond acceptors (Lipinski definition) is 6. The standard InChI is InChI=1S/C22H29N5O5/c1-12(2)24-19(28)26-18-8-14-7-15(27-13(3)11-31-21(27)30)9-17(16(14)10-23-18)25-20(29)32-22(4,5)6/h7-10,12-13H,11H2,1-6H3,(H,25,29)(H2,23,24,26,28). The number of cyclic esters (lactones) is 1. The second kappa shape index (κ2) is 8.89. The van der Waals surface area contributed by atoms with Gasteiger partial charge in [-0.1, -0.05) is 0 Å². The van der Waals surface area contributed by atoms with Gasteiger partial charge in [-0.2, -0.15) is 0 Å². The van der Waals surface area contributed by atoms with Crippen molar-refractivity contribution < 1.29 is 23.9 Å². The Hall–Kier alpha value is -3.56. The van der Waals surface area contributed by atoms with Crippen LogP contribution in [-0.2, 0) is 9.47 Å². The van der Waals surface area contributed by atoms with Gasteiger partial charge in [-0.05, 0) is 65.1 Å². The van der Waals surface area contributed by atoms with Crippen LogP contribution in [0.2, 0.25) is 0 Å². The lowest BCUT2D eigenvalue weighted by Gasteiger charge is -2.22. The van der Waals surface area contributed by atoms with Gasteiger partial charge in [0.1, 0.15) is 18.0 Å². The molecule has 0 spiro atoms. The van der Waals surface area contributed by atoms with Gasteiger partial charge in [-0.3, -0.25) is 15.5 Å². The number of aromatic nitrogens is 1. The van der Waals surface area contributed by atoms with Crippen molar-refractivity contribution in [3.8, 4) is 0 Å². The molecule has 4 amide bonds. The van der Waals surface area contributed by atoms with Crippen molar-refractivity contribution >= 4 is 46.2 Å². The second-order valence-corrected chi connectivity index (χ2v) is 8.96. The summed E-state index contributed by atoms with van der Waals surface area (Å²) >= 11 is 0. The number of urea groups is 1. The Balaban J connectivity index is 2.02. The highest BCUT2D eigenvalue weighted by molar-refractivity contribution is 6.05. The Labute approximate surface area is 186 Å². The van der Waals surface area contributed by atoms with E-state index in [1.165, 1.54) is 4.90 Å². The molecule has 1 fully saturated rings. The van der Waals surface area contributed by atoms with E-state index >= 15 is 0 Å². The Kier molecular flexibility index (Phi) is 6.42. The zero-order valence-electron chi connectivity index (χ0n) is 19.1. The van der Waals surface area contributed by atoms with E-state index in [0.29, 0.717) is 28.0 Å². The molecule has 3 rings (SSSR count). The maximum absolute atomic E-state index is 12.4. The van der Waals surface area contributed by atoms with Gasteiger partial charge in [0.25, 0.3) is 0 Å². The molecule has 2 aromatic rings. The summed E-state index contributed by atoms with van der Waals surface area (Å²) in [4.78, 5) is 42.6. The van der Waals surface area contributed by atoms with Crippen LogP contribution in [0, 0.1) is 0 Å². The molecule has 0 saturated carbocycles. The van der Waals surface area contributed by atoms with Crippen LogP contribution < -0.4 is 20.9 Å². The topological polar surface area (TPSA) is 122 Å². The van der Waals surface area contributed by atoms with E-state index in [4.69, 9.17) is 9.47 Å². The number of rotatable bonds is 4. The van der Waals surface area contributed by atoms with Crippen molar-refractivity contribution in [2.45, 2.75) is 59.2 Å². The summed E-state index contributed by atoms with van der Waals surface area (Å²) in [6, 6.07) is 4.54. The molecule has 1 atom stereocenters. The number of carbonyl (C=O) groups is 3. The first kappa shape index (κ1) is 23.1. The predicted molar refractivity (Wildman–Crippen MR) is 122 cm³/mol. The number of nitrogens with one attached hydrogen (secondary N) is 3. The van der Waals surface area contributed by atoms with Crippen LogP contribution in [0.4, 0.5) is 31.6 Å². The van der Waals surface area contributed by atoms with Crippen molar-refractivity contribution in [2.75, 3.05) is 22.1 Å². The number of amides is 4. The van der Waals surface area contributed by atoms with E-state index in [1.54, 1.807) is 45.2 Å². The molecule has 1 aliphatic rings. The average molecular weight is 444 g/mol. The number of pyridine rings is 1. The molecule has 10 nitrogen and oxygen atoms in total. The monoisotopic (exact) mass is 443 g/mol. The van der Waals surface area contributed by atoms with Crippen molar-refractivity contribution in [3.05, 3.63) is 24.4 Å². The Bertz CT molecular complexity index is 1050. The van der Waals surface area contributed by atoms with Crippen LogP contribution in [0.1, 0.15) is 41.5 Å². The number of anilines is 3. The van der Waals surface area contributed by atoms with E-state index in [0.717, 1.165) is 0 Å². The van der Waals surface area contributed by atoms with Crippen molar-refractivity contribution in [1.82, 2.24) is 10.3 Å². The predicted octanol–water partition coefficient (Wildman–Crippen LogP) is 4.46. The van der Waals surface area contributed by atoms with Crippen LogP contribution in [0.3, 0.4) is 0 Å². The third-order valence-electron chi connectivity index (χ3n) is 4.48. The quantitative estimate of drug-likeness (QED) is 0.641. The van der Waals surface area contributed by atoms with Crippen LogP contribution in [-0.4, -0.2) is 47.5 Å². The molecule has 1 saturated heterocycles. The van der Waals surface area contributed by atoms with Gasteiger partial charge in [0.15, 0.2) is 0 Å². The largest absolute Gasteiger partial charge is 0.447 e. The number of hydrogen-bond donors (Lipinski definition) is 3. The molecular formula is C22H29N5O5. The molecular weight excluding hydrogens is 414 g/mol. The van der Waals surface area contributed by atoms with Gasteiger partial charge in [0, 0.05) is 17.6 Å². The van der Waals surface area contributed by atoms with Crippen molar-refractivity contribution in [3.63, 3.8) is 0 Å². The van der Waals surface area contributed by atoms with E-state index in [9.17, 15) is 14.4 Å². The lowest BCUT2D eigenvalue weighted by Crippen LogP contribution is -2.34. The lowest BCUT2D eigenvalue weighted by atomic mass is 10.1. The first-order valence-electron chi connectivity index (χ1n) is 10.4. The lowest BCUT2D eigenvalue weighted by molar-refractivity contribution is 0.0636.